The van der Waals surface area contributed by atoms with Crippen molar-refractivity contribution < 1.29 is 19.8 Å². The maximum atomic E-state index is 11.7. The van der Waals surface area contributed by atoms with Crippen LogP contribution in [0.15, 0.2) is 22.7 Å². The second-order valence-corrected chi connectivity index (χ2v) is 4.72. The number of halogens is 1. The Balaban J connectivity index is 2.50. The number of aliphatic hydroxyl groups excluding tert-OH is 1. The third-order valence-corrected chi connectivity index (χ3v) is 3.30. The van der Waals surface area contributed by atoms with Crippen molar-refractivity contribution in [1.29, 1.82) is 0 Å². The number of carbonyl (C=O) groups excluding carboxylic acids is 1. The van der Waals surface area contributed by atoms with Crippen molar-refractivity contribution in [2.45, 2.75) is 19.4 Å². The molecule has 0 radical (unpaired) electrons. The van der Waals surface area contributed by atoms with Gasteiger partial charge in [0.05, 0.1) is 0 Å². The molecule has 0 bridgehead atoms. The molecule has 1 aromatic rings. The molecule has 0 aliphatic heterocycles. The van der Waals surface area contributed by atoms with E-state index in [0.29, 0.717) is 5.56 Å². The fraction of sp³-hybridized carbons (Fsp3) is 0.333. The van der Waals surface area contributed by atoms with E-state index in [9.17, 15) is 9.59 Å². The van der Waals surface area contributed by atoms with E-state index in [-0.39, 0.29) is 18.9 Å². The molecule has 0 aliphatic rings. The Labute approximate surface area is 113 Å². The van der Waals surface area contributed by atoms with Gasteiger partial charge in [0.1, 0.15) is 0 Å². The van der Waals surface area contributed by atoms with Crippen LogP contribution in [0.5, 0.6) is 0 Å². The van der Waals surface area contributed by atoms with Crippen LogP contribution in [-0.4, -0.2) is 34.7 Å². The summed E-state index contributed by atoms with van der Waals surface area (Å²) in [7, 11) is 0. The number of aryl methyl sites for hydroxylation is 1. The first-order valence-corrected chi connectivity index (χ1v) is 6.16. The topological polar surface area (TPSA) is 86.6 Å². The molecule has 0 saturated carbocycles. The number of nitrogens with one attached hydrogen (secondary N) is 1. The van der Waals surface area contributed by atoms with Crippen LogP contribution in [0.2, 0.25) is 0 Å². The van der Waals surface area contributed by atoms with Crippen LogP contribution in [0.1, 0.15) is 22.3 Å². The zero-order valence-electron chi connectivity index (χ0n) is 9.81. The van der Waals surface area contributed by atoms with E-state index in [1.165, 1.54) is 0 Å². The van der Waals surface area contributed by atoms with Gasteiger partial charge in [-0.05, 0) is 30.7 Å². The lowest BCUT2D eigenvalue weighted by Crippen LogP contribution is -2.30. The lowest BCUT2D eigenvalue weighted by atomic mass is 10.1. The molecule has 0 heterocycles. The zero-order valence-corrected chi connectivity index (χ0v) is 11.4. The number of carboxylic acids is 1. The first-order chi connectivity index (χ1) is 8.41. The molecule has 0 fully saturated rings. The maximum absolute atomic E-state index is 11.7. The molecule has 6 heteroatoms. The Morgan fingerprint density at radius 2 is 2.11 bits per heavy atom. The van der Waals surface area contributed by atoms with Gasteiger partial charge in [-0.25, -0.2) is 4.79 Å². The molecule has 5 nitrogen and oxygen atoms in total. The van der Waals surface area contributed by atoms with Gasteiger partial charge in [0.2, 0.25) is 0 Å². The molecule has 1 atom stereocenters. The third-order valence-electron chi connectivity index (χ3n) is 2.41. The minimum Gasteiger partial charge on any atom is -0.479 e. The number of hydrogen-bond acceptors (Lipinski definition) is 3. The summed E-state index contributed by atoms with van der Waals surface area (Å²) in [6, 6.07) is 5.17. The normalized spacial score (nSPS) is 11.9. The molecule has 0 aliphatic carbocycles. The van der Waals surface area contributed by atoms with Crippen LogP contribution in [0.3, 0.4) is 0 Å². The van der Waals surface area contributed by atoms with Crippen molar-refractivity contribution in [2.75, 3.05) is 6.54 Å². The zero-order chi connectivity index (χ0) is 13.7. The number of carboxylic acid groups (broad SMARTS) is 1. The predicted octanol–water partition coefficient (Wildman–Crippen LogP) is 1.32. The number of rotatable bonds is 5. The van der Waals surface area contributed by atoms with Crippen LogP contribution in [-0.2, 0) is 4.79 Å². The summed E-state index contributed by atoms with van der Waals surface area (Å²) in [5.74, 6) is -1.58. The van der Waals surface area contributed by atoms with E-state index in [4.69, 9.17) is 10.2 Å². The molecule has 0 spiro atoms. The van der Waals surface area contributed by atoms with Gasteiger partial charge in [-0.1, -0.05) is 15.9 Å². The molecule has 1 aromatic carbocycles. The third kappa shape index (κ3) is 4.12. The van der Waals surface area contributed by atoms with E-state index < -0.39 is 12.1 Å². The average molecular weight is 316 g/mol. The standard InChI is InChI=1S/C12H14BrNO4/c1-7-6-8(2-3-9(7)13)11(16)14-5-4-10(15)12(17)18/h2-3,6,10,15H,4-5H2,1H3,(H,14,16)(H,17,18). The molecule has 1 unspecified atom stereocenters. The van der Waals surface area contributed by atoms with E-state index in [1.54, 1.807) is 18.2 Å². The summed E-state index contributed by atoms with van der Waals surface area (Å²) in [5, 5.41) is 20.1. The van der Waals surface area contributed by atoms with Crippen molar-refractivity contribution in [3.05, 3.63) is 33.8 Å². The van der Waals surface area contributed by atoms with Crippen molar-refractivity contribution >= 4 is 27.8 Å². The fourth-order valence-corrected chi connectivity index (χ4v) is 1.58. The quantitative estimate of drug-likeness (QED) is 0.765. The largest absolute Gasteiger partial charge is 0.479 e. The van der Waals surface area contributed by atoms with Gasteiger partial charge in [0, 0.05) is 23.0 Å². The van der Waals surface area contributed by atoms with Crippen LogP contribution < -0.4 is 5.32 Å². The Bertz CT molecular complexity index is 461. The monoisotopic (exact) mass is 315 g/mol. The summed E-state index contributed by atoms with van der Waals surface area (Å²) in [4.78, 5) is 22.1. The van der Waals surface area contributed by atoms with Crippen LogP contribution >= 0.6 is 15.9 Å². The Hall–Kier alpha value is -1.40. The molecule has 3 N–H and O–H groups in total. The summed E-state index contributed by atoms with van der Waals surface area (Å²) in [6.07, 6.45) is -1.46. The number of carbonyl (C=O) groups is 2. The minimum atomic E-state index is -1.45. The molecule has 98 valence electrons. The highest BCUT2D eigenvalue weighted by atomic mass is 79.9. The Morgan fingerprint density at radius 1 is 1.44 bits per heavy atom. The SMILES string of the molecule is Cc1cc(C(=O)NCCC(O)C(=O)O)ccc1Br. The van der Waals surface area contributed by atoms with E-state index in [1.807, 2.05) is 6.92 Å². The van der Waals surface area contributed by atoms with Crippen molar-refractivity contribution in [3.63, 3.8) is 0 Å². The second-order valence-electron chi connectivity index (χ2n) is 3.86. The van der Waals surface area contributed by atoms with Gasteiger partial charge in [-0.3, -0.25) is 4.79 Å². The summed E-state index contributed by atoms with van der Waals surface area (Å²) >= 11 is 3.34. The smallest absolute Gasteiger partial charge is 0.332 e. The van der Waals surface area contributed by atoms with E-state index in [0.717, 1.165) is 10.0 Å². The first-order valence-electron chi connectivity index (χ1n) is 5.37. The van der Waals surface area contributed by atoms with Crippen molar-refractivity contribution in [1.82, 2.24) is 5.32 Å². The summed E-state index contributed by atoms with van der Waals surface area (Å²) < 4.78 is 0.917. The number of amides is 1. The lowest BCUT2D eigenvalue weighted by molar-refractivity contribution is -0.146. The van der Waals surface area contributed by atoms with E-state index in [2.05, 4.69) is 21.2 Å². The molecule has 0 saturated heterocycles. The lowest BCUT2D eigenvalue weighted by Gasteiger charge is -2.08. The van der Waals surface area contributed by atoms with Gasteiger partial charge in [-0.2, -0.15) is 0 Å². The van der Waals surface area contributed by atoms with Crippen LogP contribution in [0.4, 0.5) is 0 Å². The van der Waals surface area contributed by atoms with E-state index >= 15 is 0 Å². The second kappa shape index (κ2) is 6.51. The summed E-state index contributed by atoms with van der Waals surface area (Å²) in [6.45, 7) is 1.98. The van der Waals surface area contributed by atoms with Gasteiger partial charge < -0.3 is 15.5 Å². The van der Waals surface area contributed by atoms with Gasteiger partial charge in [-0.15, -0.1) is 0 Å². The number of benzene rings is 1. The molecule has 18 heavy (non-hydrogen) atoms. The molecule has 1 rings (SSSR count). The fourth-order valence-electron chi connectivity index (χ4n) is 1.33. The Morgan fingerprint density at radius 3 is 2.67 bits per heavy atom. The number of aliphatic carboxylic acids is 1. The highest BCUT2D eigenvalue weighted by molar-refractivity contribution is 9.10. The number of hydrogen-bond donors (Lipinski definition) is 3. The van der Waals surface area contributed by atoms with Gasteiger partial charge in [0.15, 0.2) is 6.10 Å². The van der Waals surface area contributed by atoms with Gasteiger partial charge >= 0.3 is 5.97 Å². The van der Waals surface area contributed by atoms with Crippen LogP contribution in [0.25, 0.3) is 0 Å². The van der Waals surface area contributed by atoms with Crippen molar-refractivity contribution in [2.24, 2.45) is 0 Å². The molecular weight excluding hydrogens is 302 g/mol. The van der Waals surface area contributed by atoms with Gasteiger partial charge in [0.25, 0.3) is 5.91 Å². The highest BCUT2D eigenvalue weighted by Gasteiger charge is 2.13. The average Bonchev–Trinajstić information content (AvgIpc) is 2.32. The Kier molecular flexibility index (Phi) is 5.30. The summed E-state index contributed by atoms with van der Waals surface area (Å²) in [5.41, 5.74) is 1.44. The predicted molar refractivity (Wildman–Crippen MR) is 69.5 cm³/mol. The van der Waals surface area contributed by atoms with Crippen molar-refractivity contribution in [3.8, 4) is 0 Å². The first kappa shape index (κ1) is 14.7. The highest BCUT2D eigenvalue weighted by Crippen LogP contribution is 2.16. The maximum Gasteiger partial charge on any atom is 0.332 e. The number of aliphatic hydroxyl groups is 1. The molecular formula is C12H14BrNO4. The van der Waals surface area contributed by atoms with Crippen LogP contribution in [0, 0.1) is 6.92 Å². The molecule has 1 amide bonds. The molecule has 0 aromatic heterocycles. The minimum absolute atomic E-state index is 0.0173.